The quantitative estimate of drug-likeness (QED) is 0.810. The second-order valence-corrected chi connectivity index (χ2v) is 8.38. The number of carbonyl (C=O) groups is 1. The van der Waals surface area contributed by atoms with E-state index in [1.54, 1.807) is 6.92 Å². The number of hydrogen-bond donors (Lipinski definition) is 1. The number of nitrogens with zero attached hydrogens (tertiary/aromatic N) is 2. The molecule has 0 saturated carbocycles. The second kappa shape index (κ2) is 9.27. The molecule has 0 spiro atoms. The number of pyridine rings is 1. The fraction of sp³-hybridized carbons (Fsp3) is 0.478. The highest BCUT2D eigenvalue weighted by atomic mass is 16.5. The minimum Gasteiger partial charge on any atom is -0.481 e. The normalized spacial score (nSPS) is 15.7. The molecule has 2 heterocycles. The first-order valence-corrected chi connectivity index (χ1v) is 10.2. The van der Waals surface area contributed by atoms with Crippen LogP contribution in [0.5, 0.6) is 5.75 Å². The van der Waals surface area contributed by atoms with Crippen LogP contribution in [-0.4, -0.2) is 43.3 Å². The lowest BCUT2D eigenvalue weighted by molar-refractivity contribution is -0.127. The molecule has 0 bridgehead atoms. The lowest BCUT2D eigenvalue weighted by Crippen LogP contribution is -2.37. The Bertz CT molecular complexity index is 809. The number of carbonyl (C=O) groups excluding carboxylic acids is 1. The van der Waals surface area contributed by atoms with Gasteiger partial charge in [0.1, 0.15) is 11.6 Å². The molecule has 6 heteroatoms. The molecule has 1 amide bonds. The van der Waals surface area contributed by atoms with Crippen LogP contribution >= 0.6 is 0 Å². The van der Waals surface area contributed by atoms with Gasteiger partial charge in [0.05, 0.1) is 13.2 Å². The van der Waals surface area contributed by atoms with Crippen LogP contribution in [0.15, 0.2) is 42.6 Å². The molecule has 6 nitrogen and oxygen atoms in total. The summed E-state index contributed by atoms with van der Waals surface area (Å²) in [6.45, 7) is 11.8. The van der Waals surface area contributed by atoms with E-state index in [1.165, 1.54) is 5.56 Å². The molecule has 0 radical (unpaired) electrons. The van der Waals surface area contributed by atoms with Crippen molar-refractivity contribution >= 4 is 11.7 Å². The van der Waals surface area contributed by atoms with Gasteiger partial charge in [0.25, 0.3) is 5.91 Å². The Morgan fingerprint density at radius 2 is 2.00 bits per heavy atom. The third kappa shape index (κ3) is 5.94. The summed E-state index contributed by atoms with van der Waals surface area (Å²) in [6, 6.07) is 11.9. The van der Waals surface area contributed by atoms with E-state index in [1.807, 2.05) is 36.5 Å². The fourth-order valence-corrected chi connectivity index (χ4v) is 3.13. The number of aromatic nitrogens is 1. The van der Waals surface area contributed by atoms with E-state index >= 15 is 0 Å². The third-order valence-corrected chi connectivity index (χ3v) is 4.99. The van der Waals surface area contributed by atoms with Gasteiger partial charge in [-0.1, -0.05) is 39.0 Å². The highest BCUT2D eigenvalue weighted by Crippen LogP contribution is 2.26. The molecule has 1 aromatic carbocycles. The Balaban J connectivity index is 1.51. The number of benzene rings is 1. The number of rotatable bonds is 6. The van der Waals surface area contributed by atoms with Crippen molar-refractivity contribution in [1.82, 2.24) is 10.3 Å². The molecule has 1 aliphatic heterocycles. The fourth-order valence-electron chi connectivity index (χ4n) is 3.13. The topological polar surface area (TPSA) is 63.7 Å². The van der Waals surface area contributed by atoms with Crippen molar-refractivity contribution in [2.45, 2.75) is 45.8 Å². The largest absolute Gasteiger partial charge is 0.481 e. The summed E-state index contributed by atoms with van der Waals surface area (Å²) in [5.74, 6) is 1.50. The predicted molar refractivity (Wildman–Crippen MR) is 114 cm³/mol. The standard InChI is InChI=1S/C23H31N3O3/c1-17(29-20-7-5-6-19(14-20)23(2,3)4)22(27)25-16-18-8-9-21(24-15-18)26-10-12-28-13-11-26/h5-9,14-15,17H,10-13,16H2,1-4H3,(H,25,27). The molecular formula is C23H31N3O3. The van der Waals surface area contributed by atoms with Crippen molar-refractivity contribution in [2.75, 3.05) is 31.2 Å². The molecule has 2 aromatic rings. The molecule has 1 atom stereocenters. The number of amides is 1. The van der Waals surface area contributed by atoms with Crippen LogP contribution in [0.3, 0.4) is 0 Å². The van der Waals surface area contributed by atoms with E-state index in [-0.39, 0.29) is 11.3 Å². The highest BCUT2D eigenvalue weighted by Gasteiger charge is 2.18. The maximum absolute atomic E-state index is 12.4. The number of anilines is 1. The molecular weight excluding hydrogens is 366 g/mol. The van der Waals surface area contributed by atoms with Gasteiger partial charge in [0.15, 0.2) is 6.10 Å². The first-order chi connectivity index (χ1) is 13.8. The molecule has 1 unspecified atom stereocenters. The Morgan fingerprint density at radius 3 is 2.66 bits per heavy atom. The monoisotopic (exact) mass is 397 g/mol. The number of hydrogen-bond acceptors (Lipinski definition) is 5. The van der Waals surface area contributed by atoms with Crippen molar-refractivity contribution in [2.24, 2.45) is 0 Å². The average Bonchev–Trinajstić information content (AvgIpc) is 2.72. The summed E-state index contributed by atoms with van der Waals surface area (Å²) in [5, 5.41) is 2.93. The molecule has 3 rings (SSSR count). The van der Waals surface area contributed by atoms with Gasteiger partial charge in [-0.2, -0.15) is 0 Å². The van der Waals surface area contributed by atoms with Crippen LogP contribution in [0.25, 0.3) is 0 Å². The maximum atomic E-state index is 12.4. The van der Waals surface area contributed by atoms with E-state index in [4.69, 9.17) is 9.47 Å². The average molecular weight is 398 g/mol. The Hall–Kier alpha value is -2.60. The zero-order valence-corrected chi connectivity index (χ0v) is 17.8. The lowest BCUT2D eigenvalue weighted by Gasteiger charge is -2.27. The Kier molecular flexibility index (Phi) is 6.75. The van der Waals surface area contributed by atoms with Gasteiger partial charge >= 0.3 is 0 Å². The smallest absolute Gasteiger partial charge is 0.261 e. The second-order valence-electron chi connectivity index (χ2n) is 8.38. The zero-order valence-electron chi connectivity index (χ0n) is 17.8. The summed E-state index contributed by atoms with van der Waals surface area (Å²) in [4.78, 5) is 19.2. The Labute approximate surface area is 173 Å². The van der Waals surface area contributed by atoms with Crippen LogP contribution < -0.4 is 15.0 Å². The Morgan fingerprint density at radius 1 is 1.24 bits per heavy atom. The predicted octanol–water partition coefficient (Wildman–Crippen LogP) is 3.30. The van der Waals surface area contributed by atoms with Gasteiger partial charge in [0.2, 0.25) is 0 Å². The first-order valence-electron chi connectivity index (χ1n) is 10.2. The molecule has 1 saturated heterocycles. The molecule has 1 aliphatic rings. The summed E-state index contributed by atoms with van der Waals surface area (Å²) in [5.41, 5.74) is 2.16. The van der Waals surface area contributed by atoms with Gasteiger partial charge in [-0.3, -0.25) is 4.79 Å². The van der Waals surface area contributed by atoms with Crippen molar-refractivity contribution in [1.29, 1.82) is 0 Å². The lowest BCUT2D eigenvalue weighted by atomic mass is 9.87. The van der Waals surface area contributed by atoms with E-state index in [0.29, 0.717) is 12.3 Å². The molecule has 0 aliphatic carbocycles. The highest BCUT2D eigenvalue weighted by molar-refractivity contribution is 5.80. The minimum absolute atomic E-state index is 0.0330. The van der Waals surface area contributed by atoms with Crippen LogP contribution in [0.4, 0.5) is 5.82 Å². The van der Waals surface area contributed by atoms with E-state index < -0.39 is 6.10 Å². The molecule has 1 fully saturated rings. The van der Waals surface area contributed by atoms with E-state index in [2.05, 4.69) is 42.0 Å². The van der Waals surface area contributed by atoms with E-state index in [9.17, 15) is 4.79 Å². The van der Waals surface area contributed by atoms with Gasteiger partial charge in [-0.05, 0) is 41.7 Å². The summed E-state index contributed by atoms with van der Waals surface area (Å²) in [6.07, 6.45) is 1.23. The first kappa shape index (κ1) is 21.1. The molecule has 1 aromatic heterocycles. The maximum Gasteiger partial charge on any atom is 0.261 e. The van der Waals surface area contributed by atoms with Crippen molar-refractivity contribution in [3.63, 3.8) is 0 Å². The van der Waals surface area contributed by atoms with E-state index in [0.717, 1.165) is 37.7 Å². The molecule has 29 heavy (non-hydrogen) atoms. The van der Waals surface area contributed by atoms with Crippen LogP contribution in [0.1, 0.15) is 38.8 Å². The van der Waals surface area contributed by atoms with Crippen molar-refractivity contribution in [3.8, 4) is 5.75 Å². The summed E-state index contributed by atoms with van der Waals surface area (Å²) >= 11 is 0. The summed E-state index contributed by atoms with van der Waals surface area (Å²) in [7, 11) is 0. The van der Waals surface area contributed by atoms with Gasteiger partial charge < -0.3 is 19.7 Å². The number of ether oxygens (including phenoxy) is 2. The van der Waals surface area contributed by atoms with Crippen molar-refractivity contribution < 1.29 is 14.3 Å². The number of morpholine rings is 1. The van der Waals surface area contributed by atoms with Crippen LogP contribution in [0.2, 0.25) is 0 Å². The van der Waals surface area contributed by atoms with Crippen molar-refractivity contribution in [3.05, 3.63) is 53.7 Å². The van der Waals surface area contributed by atoms with Gasteiger partial charge in [-0.15, -0.1) is 0 Å². The van der Waals surface area contributed by atoms with Gasteiger partial charge in [-0.25, -0.2) is 4.98 Å². The van der Waals surface area contributed by atoms with Crippen LogP contribution in [-0.2, 0) is 21.5 Å². The third-order valence-electron chi connectivity index (χ3n) is 4.99. The zero-order chi connectivity index (χ0) is 20.9. The van der Waals surface area contributed by atoms with Gasteiger partial charge in [0, 0.05) is 25.8 Å². The SMILES string of the molecule is CC(Oc1cccc(C(C)(C)C)c1)C(=O)NCc1ccc(N2CCOCC2)nc1. The molecule has 156 valence electrons. The summed E-state index contributed by atoms with van der Waals surface area (Å²) < 4.78 is 11.2. The van der Waals surface area contributed by atoms with Crippen LogP contribution in [0, 0.1) is 0 Å². The number of nitrogens with one attached hydrogen (secondary N) is 1. The molecule has 1 N–H and O–H groups in total. The minimum atomic E-state index is -0.578.